The van der Waals surface area contributed by atoms with Crippen molar-refractivity contribution < 1.29 is 9.21 Å². The molecule has 2 aromatic heterocycles. The lowest BCUT2D eigenvalue weighted by Crippen LogP contribution is -2.23. The Hall–Kier alpha value is -3.02. The van der Waals surface area contributed by atoms with Crippen molar-refractivity contribution in [3.63, 3.8) is 0 Å². The van der Waals surface area contributed by atoms with Crippen LogP contribution in [0.4, 0.5) is 0 Å². The Morgan fingerprint density at radius 3 is 2.73 bits per heavy atom. The second kappa shape index (κ2) is 6.17. The minimum Gasteiger partial charge on any atom is -0.419 e. The zero-order chi connectivity index (χ0) is 15.4. The van der Waals surface area contributed by atoms with Crippen LogP contribution in [0.25, 0.3) is 11.5 Å². The van der Waals surface area contributed by atoms with Crippen molar-refractivity contribution in [1.82, 2.24) is 20.5 Å². The van der Waals surface area contributed by atoms with Gasteiger partial charge in [-0.1, -0.05) is 17.7 Å². The molecule has 110 valence electrons. The van der Waals surface area contributed by atoms with Gasteiger partial charge >= 0.3 is 0 Å². The Balaban J connectivity index is 1.65. The highest BCUT2D eigenvalue weighted by molar-refractivity contribution is 5.93. The molecule has 0 atom stereocenters. The highest BCUT2D eigenvalue weighted by atomic mass is 16.4. The van der Waals surface area contributed by atoms with E-state index < -0.39 is 0 Å². The maximum atomic E-state index is 11.9. The maximum Gasteiger partial charge on any atom is 0.253 e. The number of carbonyl (C=O) groups is 1. The van der Waals surface area contributed by atoms with Gasteiger partial charge in [-0.05, 0) is 31.2 Å². The summed E-state index contributed by atoms with van der Waals surface area (Å²) in [5.74, 6) is 0.557. The number of nitrogens with zero attached hydrogens (tertiary/aromatic N) is 3. The van der Waals surface area contributed by atoms with Gasteiger partial charge in [-0.15, -0.1) is 10.2 Å². The molecule has 0 aliphatic heterocycles. The highest BCUT2D eigenvalue weighted by Crippen LogP contribution is 2.18. The molecule has 1 N–H and O–H groups in total. The van der Waals surface area contributed by atoms with E-state index in [2.05, 4.69) is 20.5 Å². The van der Waals surface area contributed by atoms with Crippen LogP contribution in [0, 0.1) is 6.92 Å². The zero-order valence-electron chi connectivity index (χ0n) is 12.0. The van der Waals surface area contributed by atoms with Crippen molar-refractivity contribution in [1.29, 1.82) is 0 Å². The molecule has 1 aromatic carbocycles. The van der Waals surface area contributed by atoms with Gasteiger partial charge in [0.25, 0.3) is 5.91 Å². The summed E-state index contributed by atoms with van der Waals surface area (Å²) in [6.45, 7) is 2.18. The highest BCUT2D eigenvalue weighted by Gasteiger charge is 2.10. The molecular formula is C16H14N4O2. The molecule has 3 rings (SSSR count). The van der Waals surface area contributed by atoms with E-state index in [1.165, 1.54) is 6.20 Å². The van der Waals surface area contributed by atoms with E-state index in [9.17, 15) is 4.79 Å². The van der Waals surface area contributed by atoms with Gasteiger partial charge in [0.1, 0.15) is 0 Å². The second-order valence-electron chi connectivity index (χ2n) is 4.79. The number of hydrogen-bond acceptors (Lipinski definition) is 5. The van der Waals surface area contributed by atoms with Crippen LogP contribution in [0.3, 0.4) is 0 Å². The summed E-state index contributed by atoms with van der Waals surface area (Å²) >= 11 is 0. The Morgan fingerprint density at radius 1 is 1.18 bits per heavy atom. The average molecular weight is 294 g/mol. The van der Waals surface area contributed by atoms with E-state index >= 15 is 0 Å². The second-order valence-corrected chi connectivity index (χ2v) is 4.79. The monoisotopic (exact) mass is 294 g/mol. The van der Waals surface area contributed by atoms with Crippen LogP contribution in [0.1, 0.15) is 21.8 Å². The Bertz CT molecular complexity index is 766. The molecule has 0 aliphatic rings. The largest absolute Gasteiger partial charge is 0.419 e. The fourth-order valence-corrected chi connectivity index (χ4v) is 1.89. The normalized spacial score (nSPS) is 10.4. The molecule has 6 heteroatoms. The smallest absolute Gasteiger partial charge is 0.253 e. The van der Waals surface area contributed by atoms with Gasteiger partial charge in [0.15, 0.2) is 0 Å². The van der Waals surface area contributed by atoms with Gasteiger partial charge in [0.05, 0.1) is 12.1 Å². The summed E-state index contributed by atoms with van der Waals surface area (Å²) in [5.41, 5.74) is 2.50. The predicted octanol–water partition coefficient (Wildman–Crippen LogP) is 2.37. The number of amides is 1. The summed E-state index contributed by atoms with van der Waals surface area (Å²) in [7, 11) is 0. The first-order valence-corrected chi connectivity index (χ1v) is 6.80. The minimum atomic E-state index is -0.233. The van der Waals surface area contributed by atoms with E-state index in [0.717, 1.165) is 11.1 Å². The molecule has 6 nitrogen and oxygen atoms in total. The fraction of sp³-hybridized carbons (Fsp3) is 0.125. The topological polar surface area (TPSA) is 80.9 Å². The van der Waals surface area contributed by atoms with Crippen molar-refractivity contribution in [2.75, 3.05) is 0 Å². The number of hydrogen-bond donors (Lipinski definition) is 1. The standard InChI is InChI=1S/C16H14N4O2/c1-11-4-6-12(7-5-11)16-20-19-14(22-16)10-18-15(21)13-3-2-8-17-9-13/h2-9H,10H2,1H3,(H,18,21). The Labute approximate surface area is 127 Å². The van der Waals surface area contributed by atoms with Crippen LogP contribution < -0.4 is 5.32 Å². The van der Waals surface area contributed by atoms with Crippen LogP contribution in [-0.2, 0) is 6.54 Å². The molecule has 0 bridgehead atoms. The number of aryl methyl sites for hydroxylation is 1. The fourth-order valence-electron chi connectivity index (χ4n) is 1.89. The van der Waals surface area contributed by atoms with Gasteiger partial charge in [-0.2, -0.15) is 0 Å². The Kier molecular flexibility index (Phi) is 3.91. The van der Waals surface area contributed by atoms with Gasteiger partial charge in [-0.3, -0.25) is 9.78 Å². The summed E-state index contributed by atoms with van der Waals surface area (Å²) in [6.07, 6.45) is 3.11. The van der Waals surface area contributed by atoms with Crippen LogP contribution in [0.15, 0.2) is 53.2 Å². The third-order valence-corrected chi connectivity index (χ3v) is 3.09. The average Bonchev–Trinajstić information content (AvgIpc) is 3.03. The molecule has 0 radical (unpaired) electrons. The van der Waals surface area contributed by atoms with Gasteiger partial charge in [-0.25, -0.2) is 0 Å². The molecule has 0 fully saturated rings. The third-order valence-electron chi connectivity index (χ3n) is 3.09. The minimum absolute atomic E-state index is 0.173. The summed E-state index contributed by atoms with van der Waals surface area (Å²) in [5, 5.41) is 10.6. The van der Waals surface area contributed by atoms with E-state index in [1.807, 2.05) is 31.2 Å². The van der Waals surface area contributed by atoms with E-state index in [1.54, 1.807) is 18.3 Å². The number of aromatic nitrogens is 3. The third kappa shape index (κ3) is 3.17. The molecule has 0 saturated heterocycles. The Morgan fingerprint density at radius 2 is 2.00 bits per heavy atom. The van der Waals surface area contributed by atoms with Crippen molar-refractivity contribution in [2.24, 2.45) is 0 Å². The molecule has 2 heterocycles. The number of rotatable bonds is 4. The molecule has 3 aromatic rings. The molecule has 0 spiro atoms. The number of benzene rings is 1. The van der Waals surface area contributed by atoms with Gasteiger partial charge in [0, 0.05) is 18.0 Å². The van der Waals surface area contributed by atoms with Crippen molar-refractivity contribution in [3.8, 4) is 11.5 Å². The molecular weight excluding hydrogens is 280 g/mol. The van der Waals surface area contributed by atoms with Crippen LogP contribution in [0.2, 0.25) is 0 Å². The van der Waals surface area contributed by atoms with Crippen molar-refractivity contribution >= 4 is 5.91 Å². The van der Waals surface area contributed by atoms with E-state index in [-0.39, 0.29) is 12.5 Å². The zero-order valence-corrected chi connectivity index (χ0v) is 12.0. The number of nitrogens with one attached hydrogen (secondary N) is 1. The SMILES string of the molecule is Cc1ccc(-c2nnc(CNC(=O)c3cccnc3)o2)cc1. The lowest BCUT2D eigenvalue weighted by atomic mass is 10.1. The van der Waals surface area contributed by atoms with Crippen molar-refractivity contribution in [2.45, 2.75) is 13.5 Å². The first kappa shape index (κ1) is 13.9. The number of carbonyl (C=O) groups excluding carboxylic acids is 1. The quantitative estimate of drug-likeness (QED) is 0.799. The first-order chi connectivity index (χ1) is 10.7. The number of pyridine rings is 1. The molecule has 0 unspecified atom stereocenters. The molecule has 22 heavy (non-hydrogen) atoms. The molecule has 1 amide bonds. The molecule has 0 saturated carbocycles. The summed E-state index contributed by atoms with van der Waals surface area (Å²) < 4.78 is 5.54. The van der Waals surface area contributed by atoms with Crippen LogP contribution in [-0.4, -0.2) is 21.1 Å². The van der Waals surface area contributed by atoms with Crippen molar-refractivity contribution in [3.05, 3.63) is 65.8 Å². The first-order valence-electron chi connectivity index (χ1n) is 6.80. The maximum absolute atomic E-state index is 11.9. The van der Waals surface area contributed by atoms with Crippen LogP contribution in [0.5, 0.6) is 0 Å². The van der Waals surface area contributed by atoms with Gasteiger partial charge in [0.2, 0.25) is 11.8 Å². The van der Waals surface area contributed by atoms with Crippen LogP contribution >= 0.6 is 0 Å². The van der Waals surface area contributed by atoms with Gasteiger partial charge < -0.3 is 9.73 Å². The summed E-state index contributed by atoms with van der Waals surface area (Å²) in [6, 6.07) is 11.2. The van der Waals surface area contributed by atoms with E-state index in [0.29, 0.717) is 17.3 Å². The molecule has 0 aliphatic carbocycles. The van der Waals surface area contributed by atoms with E-state index in [4.69, 9.17) is 4.42 Å². The predicted molar refractivity (Wildman–Crippen MR) is 79.9 cm³/mol. The lowest BCUT2D eigenvalue weighted by molar-refractivity contribution is 0.0947. The summed E-state index contributed by atoms with van der Waals surface area (Å²) in [4.78, 5) is 15.8. The lowest BCUT2D eigenvalue weighted by Gasteiger charge is -2.01.